The van der Waals surface area contributed by atoms with Gasteiger partial charge in [0.05, 0.1) is 23.2 Å². The number of carboxylic acids is 1. The van der Waals surface area contributed by atoms with Crippen LogP contribution in [0.1, 0.15) is 51.3 Å². The number of aromatic nitrogens is 3. The Labute approximate surface area is 272 Å². The minimum Gasteiger partial charge on any atom is -0.489 e. The molecule has 254 valence electrons. The highest BCUT2D eigenvalue weighted by atomic mass is 32.3. The molecule has 2 atom stereocenters. The van der Waals surface area contributed by atoms with E-state index in [2.05, 4.69) is 29.1 Å². The number of carbonyl (C=O) groups excluding carboxylic acids is 2. The summed E-state index contributed by atoms with van der Waals surface area (Å²) < 4.78 is 45.5. The fraction of sp³-hybridized carbons (Fsp3) is 0.481. The first-order valence-corrected chi connectivity index (χ1v) is 16.7. The lowest BCUT2D eigenvalue weighted by Gasteiger charge is -2.50. The van der Waals surface area contributed by atoms with Gasteiger partial charge in [-0.15, -0.1) is 20.3 Å². The highest BCUT2D eigenvalue weighted by Gasteiger charge is 2.58. The van der Waals surface area contributed by atoms with E-state index < -0.39 is 58.2 Å². The van der Waals surface area contributed by atoms with Crippen molar-refractivity contribution in [1.29, 1.82) is 0 Å². The maximum Gasteiger partial charge on any atom is 0.418 e. The van der Waals surface area contributed by atoms with E-state index >= 15 is 0 Å². The van der Waals surface area contributed by atoms with Crippen LogP contribution in [0.15, 0.2) is 34.9 Å². The van der Waals surface area contributed by atoms with E-state index in [4.69, 9.17) is 25.6 Å². The fourth-order valence-corrected chi connectivity index (χ4v) is 6.55. The van der Waals surface area contributed by atoms with E-state index in [-0.39, 0.29) is 16.9 Å². The van der Waals surface area contributed by atoms with Crippen molar-refractivity contribution < 1.29 is 51.0 Å². The van der Waals surface area contributed by atoms with E-state index in [1.165, 1.54) is 19.2 Å². The number of nitrogens with two attached hydrogens (primary N) is 2. The van der Waals surface area contributed by atoms with Gasteiger partial charge in [0.2, 0.25) is 5.52 Å². The number of hydrogen-bond donors (Lipinski definition) is 5. The topological polar surface area (TPSA) is 255 Å². The first-order valence-electron chi connectivity index (χ1n) is 14.4. The Morgan fingerprint density at radius 1 is 1.28 bits per heavy atom. The molecule has 18 nitrogen and oxygen atoms in total. The minimum absolute atomic E-state index is 0.0658. The fourth-order valence-electron chi connectivity index (χ4n) is 5.55. The summed E-state index contributed by atoms with van der Waals surface area (Å²) in [7, 11) is -3.04. The molecule has 5 rings (SSSR count). The molecule has 0 radical (unpaired) electrons. The molecule has 3 heterocycles. The standard InChI is InChI=1S/C27H34N8O10S2/c1-27(2)22(24(37)35(27)45-47(40,41)42)31-23(36)21(18-13-46-26(29)30-18)32-44-20(25(38)39)12-43-17-8-9-19-14(10-17)11-34(33(19)3)16-6-4-15(28)5-7-16/h8-11,13,15-16,20,22H,4-7,12,28H2,1-3H3,(H4-,29,30,31,36,38,39,40,41,42)/p+1/b32-21-/t15-,16-,20-,22+/m0/s1. The van der Waals surface area contributed by atoms with Crippen LogP contribution in [0.5, 0.6) is 5.75 Å². The van der Waals surface area contributed by atoms with E-state index in [0.29, 0.717) is 16.9 Å². The Bertz CT molecular complexity index is 1830. The quantitative estimate of drug-likeness (QED) is 0.0552. The van der Waals surface area contributed by atoms with Crippen molar-refractivity contribution in [1.82, 2.24) is 20.0 Å². The van der Waals surface area contributed by atoms with Gasteiger partial charge in [-0.3, -0.25) is 14.1 Å². The van der Waals surface area contributed by atoms with Gasteiger partial charge < -0.3 is 31.5 Å². The number of aryl methyl sites for hydroxylation is 1. The number of aliphatic carboxylic acids is 1. The molecule has 0 spiro atoms. The largest absolute Gasteiger partial charge is 0.489 e. The van der Waals surface area contributed by atoms with Gasteiger partial charge in [0, 0.05) is 17.5 Å². The molecule has 2 aromatic heterocycles. The Morgan fingerprint density at radius 3 is 2.57 bits per heavy atom. The molecule has 2 aliphatic rings. The second-order valence-corrected chi connectivity index (χ2v) is 13.7. The lowest BCUT2D eigenvalue weighted by Crippen LogP contribution is -2.76. The van der Waals surface area contributed by atoms with Crippen molar-refractivity contribution in [2.24, 2.45) is 17.9 Å². The van der Waals surface area contributed by atoms with Gasteiger partial charge in [-0.05, 0) is 51.7 Å². The number of hydroxylamine groups is 2. The summed E-state index contributed by atoms with van der Waals surface area (Å²) in [6, 6.07) is 4.57. The van der Waals surface area contributed by atoms with Crippen molar-refractivity contribution in [2.75, 3.05) is 12.3 Å². The van der Waals surface area contributed by atoms with Crippen molar-refractivity contribution in [2.45, 2.75) is 69.3 Å². The molecule has 1 saturated carbocycles. The number of ether oxygens (including phenoxy) is 1. The number of carbonyl (C=O) groups is 3. The third-order valence-electron chi connectivity index (χ3n) is 8.13. The van der Waals surface area contributed by atoms with Crippen LogP contribution in [0.25, 0.3) is 10.9 Å². The molecule has 47 heavy (non-hydrogen) atoms. The average Bonchev–Trinajstić information content (AvgIpc) is 3.58. The summed E-state index contributed by atoms with van der Waals surface area (Å²) in [6.07, 6.45) is 4.20. The number of rotatable bonds is 12. The summed E-state index contributed by atoms with van der Waals surface area (Å²) in [6.45, 7) is 2.26. The number of carboxylic acid groups (broad SMARTS) is 1. The Kier molecular flexibility index (Phi) is 9.42. The minimum atomic E-state index is -5.01. The van der Waals surface area contributed by atoms with Gasteiger partial charge in [-0.1, -0.05) is 5.16 Å². The van der Waals surface area contributed by atoms with E-state index in [1.54, 1.807) is 12.1 Å². The van der Waals surface area contributed by atoms with Crippen LogP contribution in [0.3, 0.4) is 0 Å². The van der Waals surface area contributed by atoms with Crippen LogP contribution >= 0.6 is 11.3 Å². The van der Waals surface area contributed by atoms with Gasteiger partial charge in [-0.25, -0.2) is 9.78 Å². The lowest BCUT2D eigenvalue weighted by molar-refractivity contribution is -0.733. The van der Waals surface area contributed by atoms with E-state index in [0.717, 1.165) is 47.9 Å². The second-order valence-electron chi connectivity index (χ2n) is 11.8. The molecule has 2 fully saturated rings. The third kappa shape index (κ3) is 7.30. The number of nitrogen functional groups attached to an aromatic ring is 1. The van der Waals surface area contributed by atoms with Crippen molar-refractivity contribution in [3.63, 3.8) is 0 Å². The highest BCUT2D eigenvalue weighted by molar-refractivity contribution is 7.80. The van der Waals surface area contributed by atoms with Crippen LogP contribution in [0, 0.1) is 0 Å². The highest BCUT2D eigenvalue weighted by Crippen LogP contribution is 2.33. The number of β-lactam (4-membered cyclic amide) rings is 1. The molecule has 3 aromatic rings. The zero-order valence-electron chi connectivity index (χ0n) is 25.6. The van der Waals surface area contributed by atoms with E-state index in [1.807, 2.05) is 19.3 Å². The molecular formula is C27H35N8O10S2+. The molecular weight excluding hydrogens is 660 g/mol. The molecule has 1 saturated heterocycles. The Balaban J connectivity index is 1.29. The zero-order valence-corrected chi connectivity index (χ0v) is 27.2. The Hall–Kier alpha value is -4.37. The molecule has 0 bridgehead atoms. The molecule has 1 aliphatic heterocycles. The first-order chi connectivity index (χ1) is 22.0. The predicted octanol–water partition coefficient (Wildman–Crippen LogP) is 0.0398. The van der Waals surface area contributed by atoms with Gasteiger partial charge in [-0.2, -0.15) is 18.2 Å². The van der Waals surface area contributed by atoms with Crippen molar-refractivity contribution >= 4 is 61.3 Å². The number of benzene rings is 1. The number of thiazole rings is 1. The van der Waals surface area contributed by atoms with Crippen LogP contribution in [0.4, 0.5) is 5.13 Å². The molecule has 1 aromatic carbocycles. The number of fused-ring (bicyclic) bond motifs is 1. The third-order valence-corrected chi connectivity index (χ3v) is 9.14. The number of oxime groups is 1. The maximum atomic E-state index is 13.3. The Morgan fingerprint density at radius 2 is 1.98 bits per heavy atom. The number of nitrogens with one attached hydrogen (secondary N) is 1. The second kappa shape index (κ2) is 13.0. The smallest absolute Gasteiger partial charge is 0.418 e. The maximum absolute atomic E-state index is 13.3. The predicted molar refractivity (Wildman–Crippen MR) is 165 cm³/mol. The monoisotopic (exact) mass is 695 g/mol. The van der Waals surface area contributed by atoms with Gasteiger partial charge in [0.1, 0.15) is 24.1 Å². The SMILES string of the molecule is C[n+]1c2ccc(OC[C@H](O/N=C(\C(=O)N[C@@H]3C(=O)N(OS(=O)(=O)O)C3(C)C)c3csc(N)n3)C(=O)O)cc2cn1[C@H]1CC[C@H](N)CC1. The van der Waals surface area contributed by atoms with Crippen LogP contribution in [-0.4, -0.2) is 86.6 Å². The van der Waals surface area contributed by atoms with Crippen molar-refractivity contribution in [3.05, 3.63) is 35.5 Å². The van der Waals surface area contributed by atoms with Gasteiger partial charge in [0.25, 0.3) is 17.9 Å². The zero-order chi connectivity index (χ0) is 34.3. The number of amides is 2. The first kappa shape index (κ1) is 34.0. The summed E-state index contributed by atoms with van der Waals surface area (Å²) >= 11 is 0.967. The van der Waals surface area contributed by atoms with Gasteiger partial charge in [0.15, 0.2) is 17.9 Å². The van der Waals surface area contributed by atoms with Crippen LogP contribution in [0.2, 0.25) is 0 Å². The van der Waals surface area contributed by atoms with Crippen LogP contribution < -0.4 is 26.2 Å². The molecule has 0 unspecified atom stereocenters. The summed E-state index contributed by atoms with van der Waals surface area (Å²) in [5.41, 5.74) is 10.7. The number of anilines is 1. The van der Waals surface area contributed by atoms with E-state index in [9.17, 15) is 27.9 Å². The summed E-state index contributed by atoms with van der Waals surface area (Å²) in [4.78, 5) is 47.1. The normalized spacial score (nSPS) is 22.1. The molecule has 2 amide bonds. The lowest BCUT2D eigenvalue weighted by atomic mass is 9.84. The summed E-state index contributed by atoms with van der Waals surface area (Å²) in [5.74, 6) is -3.05. The molecule has 20 heteroatoms. The average molecular weight is 696 g/mol. The van der Waals surface area contributed by atoms with Crippen LogP contribution in [-0.2, 0) is 41.0 Å². The van der Waals surface area contributed by atoms with Gasteiger partial charge >= 0.3 is 16.4 Å². The van der Waals surface area contributed by atoms with Crippen molar-refractivity contribution in [3.8, 4) is 5.75 Å². The molecule has 7 N–H and O–H groups in total. The number of nitrogens with zero attached hydrogens (tertiary/aromatic N) is 5. The molecule has 1 aliphatic carbocycles. The number of hydrogen-bond acceptors (Lipinski definition) is 13. The summed E-state index contributed by atoms with van der Waals surface area (Å²) in [5, 5.41) is 18.7.